The van der Waals surface area contributed by atoms with Crippen LogP contribution in [0, 0.1) is 24.5 Å². The number of carbonyl (C=O) groups is 1. The summed E-state index contributed by atoms with van der Waals surface area (Å²) in [5.74, 6) is -1.65. The molecule has 2 atom stereocenters. The molecular formula is C17H21F2NO. The van der Waals surface area contributed by atoms with Crippen molar-refractivity contribution < 1.29 is 13.6 Å². The van der Waals surface area contributed by atoms with E-state index < -0.39 is 11.6 Å². The highest BCUT2D eigenvalue weighted by Gasteiger charge is 2.34. The molecule has 1 N–H and O–H groups in total. The number of hydrogen-bond acceptors (Lipinski definition) is 2. The molecule has 2 aliphatic rings. The zero-order valence-corrected chi connectivity index (χ0v) is 12.3. The van der Waals surface area contributed by atoms with Crippen LogP contribution in [0.15, 0.2) is 12.1 Å². The van der Waals surface area contributed by atoms with Crippen molar-refractivity contribution in [1.29, 1.82) is 0 Å². The largest absolute Gasteiger partial charge is 0.311 e. The van der Waals surface area contributed by atoms with Crippen LogP contribution in [-0.2, 0) is 11.2 Å². The highest BCUT2D eigenvalue weighted by Crippen LogP contribution is 2.31. The Morgan fingerprint density at radius 1 is 1.19 bits per heavy atom. The minimum Gasteiger partial charge on any atom is -0.311 e. The first-order valence-corrected chi connectivity index (χ1v) is 7.77. The number of hydrogen-bond donors (Lipinski definition) is 1. The van der Waals surface area contributed by atoms with E-state index in [0.29, 0.717) is 12.1 Å². The van der Waals surface area contributed by atoms with Gasteiger partial charge in [-0.05, 0) is 43.7 Å². The number of ketones is 1. The lowest BCUT2D eigenvalue weighted by atomic mass is 9.77. The molecule has 3 rings (SSSR count). The molecule has 2 bridgehead atoms. The van der Waals surface area contributed by atoms with E-state index in [1.807, 2.05) is 0 Å². The third kappa shape index (κ3) is 3.00. The topological polar surface area (TPSA) is 29.1 Å². The van der Waals surface area contributed by atoms with Crippen molar-refractivity contribution in [3.63, 3.8) is 0 Å². The van der Waals surface area contributed by atoms with Gasteiger partial charge in [0.05, 0.1) is 0 Å². The van der Waals surface area contributed by atoms with E-state index >= 15 is 0 Å². The lowest BCUT2D eigenvalue weighted by molar-refractivity contribution is -0.124. The van der Waals surface area contributed by atoms with Crippen molar-refractivity contribution in [1.82, 2.24) is 5.32 Å². The van der Waals surface area contributed by atoms with Crippen molar-refractivity contribution in [2.45, 2.75) is 57.5 Å². The molecule has 0 amide bonds. The zero-order valence-electron chi connectivity index (χ0n) is 12.3. The molecule has 0 aliphatic carbocycles. The molecule has 0 radical (unpaired) electrons. The maximum absolute atomic E-state index is 13.9. The van der Waals surface area contributed by atoms with Crippen molar-refractivity contribution in [2.75, 3.05) is 0 Å². The highest BCUT2D eigenvalue weighted by molar-refractivity contribution is 5.83. The lowest BCUT2D eigenvalue weighted by Crippen LogP contribution is -2.50. The first-order chi connectivity index (χ1) is 10.0. The average Bonchev–Trinajstić information content (AvgIpc) is 2.47. The summed E-state index contributed by atoms with van der Waals surface area (Å²) in [6.45, 7) is 1.53. The second-order valence-corrected chi connectivity index (χ2v) is 6.47. The fourth-order valence-electron chi connectivity index (χ4n) is 3.68. The highest BCUT2D eigenvalue weighted by atomic mass is 19.2. The number of fused-ring (bicyclic) bond motifs is 2. The summed E-state index contributed by atoms with van der Waals surface area (Å²) in [5, 5.41) is 3.54. The van der Waals surface area contributed by atoms with Crippen molar-refractivity contribution in [2.24, 2.45) is 5.92 Å². The van der Waals surface area contributed by atoms with Gasteiger partial charge in [-0.15, -0.1) is 0 Å². The standard InChI is InChI=1S/C17H21F2NO/c1-10-5-6-11(17(19)16(10)18)9-15(21)12-7-13-3-2-4-14(8-12)20-13/h5-6,12-14,20H,2-4,7-9H2,1H3. The summed E-state index contributed by atoms with van der Waals surface area (Å²) in [6.07, 6.45) is 5.15. The van der Waals surface area contributed by atoms with Crippen LogP contribution in [0.25, 0.3) is 0 Å². The second kappa shape index (κ2) is 5.84. The molecular weight excluding hydrogens is 272 g/mol. The van der Waals surface area contributed by atoms with Gasteiger partial charge in [-0.1, -0.05) is 18.6 Å². The van der Waals surface area contributed by atoms with E-state index in [0.717, 1.165) is 25.7 Å². The lowest BCUT2D eigenvalue weighted by Gasteiger charge is -2.39. The number of aryl methyl sites for hydroxylation is 1. The van der Waals surface area contributed by atoms with Gasteiger partial charge in [-0.3, -0.25) is 4.79 Å². The molecule has 0 saturated carbocycles. The van der Waals surface area contributed by atoms with Gasteiger partial charge in [0.15, 0.2) is 11.6 Å². The van der Waals surface area contributed by atoms with Crippen LogP contribution in [0.4, 0.5) is 8.78 Å². The van der Waals surface area contributed by atoms with Crippen LogP contribution in [0.3, 0.4) is 0 Å². The Morgan fingerprint density at radius 3 is 2.52 bits per heavy atom. The Bertz CT molecular complexity index is 546. The molecule has 0 aromatic heterocycles. The summed E-state index contributed by atoms with van der Waals surface area (Å²) >= 11 is 0. The monoisotopic (exact) mass is 293 g/mol. The Kier molecular flexibility index (Phi) is 4.07. The smallest absolute Gasteiger partial charge is 0.162 e. The maximum Gasteiger partial charge on any atom is 0.162 e. The van der Waals surface area contributed by atoms with Crippen molar-refractivity contribution in [3.8, 4) is 0 Å². The van der Waals surface area contributed by atoms with Gasteiger partial charge in [0, 0.05) is 24.4 Å². The Balaban J connectivity index is 1.70. The van der Waals surface area contributed by atoms with Crippen LogP contribution in [0.1, 0.15) is 43.2 Å². The fraction of sp³-hybridized carbons (Fsp3) is 0.588. The van der Waals surface area contributed by atoms with Gasteiger partial charge < -0.3 is 5.32 Å². The van der Waals surface area contributed by atoms with Crippen LogP contribution in [0.2, 0.25) is 0 Å². The normalized spacial score (nSPS) is 28.4. The summed E-state index contributed by atoms with van der Waals surface area (Å²) < 4.78 is 27.5. The number of rotatable bonds is 3. The molecule has 2 fully saturated rings. The first kappa shape index (κ1) is 14.6. The van der Waals surface area contributed by atoms with E-state index in [1.165, 1.54) is 25.5 Å². The third-order valence-corrected chi connectivity index (χ3v) is 4.89. The van der Waals surface area contributed by atoms with Gasteiger partial charge in [0.2, 0.25) is 0 Å². The average molecular weight is 293 g/mol. The first-order valence-electron chi connectivity index (χ1n) is 7.77. The Morgan fingerprint density at radius 2 is 1.86 bits per heavy atom. The Hall–Kier alpha value is -1.29. The molecule has 1 aromatic carbocycles. The third-order valence-electron chi connectivity index (χ3n) is 4.89. The molecule has 2 unspecified atom stereocenters. The summed E-state index contributed by atoms with van der Waals surface area (Å²) in [7, 11) is 0. The van der Waals surface area contributed by atoms with Gasteiger partial charge in [0.25, 0.3) is 0 Å². The zero-order chi connectivity index (χ0) is 15.0. The number of nitrogens with one attached hydrogen (secondary N) is 1. The second-order valence-electron chi connectivity index (χ2n) is 6.47. The molecule has 2 saturated heterocycles. The molecule has 1 aromatic rings. The van der Waals surface area contributed by atoms with Gasteiger partial charge in [-0.25, -0.2) is 8.78 Å². The molecule has 0 spiro atoms. The van der Waals surface area contributed by atoms with Crippen LogP contribution in [0.5, 0.6) is 0 Å². The molecule has 4 heteroatoms. The van der Waals surface area contributed by atoms with E-state index in [1.54, 1.807) is 0 Å². The number of Topliss-reactive ketones (excluding diaryl/α,β-unsaturated/α-hetero) is 1. The maximum atomic E-state index is 13.9. The number of carbonyl (C=O) groups excluding carboxylic acids is 1. The minimum atomic E-state index is -0.863. The number of halogens is 2. The Labute approximate surface area is 123 Å². The number of benzene rings is 1. The van der Waals surface area contributed by atoms with Gasteiger partial charge in [0.1, 0.15) is 5.78 Å². The molecule has 2 heterocycles. The van der Waals surface area contributed by atoms with Gasteiger partial charge >= 0.3 is 0 Å². The van der Waals surface area contributed by atoms with E-state index in [2.05, 4.69) is 5.32 Å². The van der Waals surface area contributed by atoms with Crippen molar-refractivity contribution in [3.05, 3.63) is 34.9 Å². The summed E-state index contributed by atoms with van der Waals surface area (Å²) in [4.78, 5) is 12.4. The van der Waals surface area contributed by atoms with E-state index in [-0.39, 0.29) is 29.2 Å². The molecule has 2 nitrogen and oxygen atoms in total. The fourth-order valence-corrected chi connectivity index (χ4v) is 3.68. The predicted octanol–water partition coefficient (Wildman–Crippen LogP) is 3.31. The van der Waals surface area contributed by atoms with Crippen molar-refractivity contribution >= 4 is 5.78 Å². The van der Waals surface area contributed by atoms with Crippen LogP contribution < -0.4 is 5.32 Å². The van der Waals surface area contributed by atoms with Gasteiger partial charge in [-0.2, -0.15) is 0 Å². The number of piperidine rings is 2. The minimum absolute atomic E-state index is 0.00708. The summed E-state index contributed by atoms with van der Waals surface area (Å²) in [6, 6.07) is 3.92. The predicted molar refractivity (Wildman–Crippen MR) is 77.1 cm³/mol. The quantitative estimate of drug-likeness (QED) is 0.926. The van der Waals surface area contributed by atoms with Crippen LogP contribution in [-0.4, -0.2) is 17.9 Å². The molecule has 21 heavy (non-hydrogen) atoms. The molecule has 2 aliphatic heterocycles. The molecule has 114 valence electrons. The van der Waals surface area contributed by atoms with E-state index in [4.69, 9.17) is 0 Å². The SMILES string of the molecule is Cc1ccc(CC(=O)C2CC3CCCC(C2)N3)c(F)c1F. The van der Waals surface area contributed by atoms with E-state index in [9.17, 15) is 13.6 Å². The summed E-state index contributed by atoms with van der Waals surface area (Å²) in [5.41, 5.74) is 0.465. The van der Waals surface area contributed by atoms with Crippen LogP contribution >= 0.6 is 0 Å².